The van der Waals surface area contributed by atoms with Crippen LogP contribution in [-0.2, 0) is 4.79 Å². The summed E-state index contributed by atoms with van der Waals surface area (Å²) in [5.74, 6) is -0.923. The highest BCUT2D eigenvalue weighted by Crippen LogP contribution is 2.26. The molecule has 0 aliphatic heterocycles. The van der Waals surface area contributed by atoms with Crippen molar-refractivity contribution < 1.29 is 9.90 Å². The van der Waals surface area contributed by atoms with Gasteiger partial charge in [-0.3, -0.25) is 4.79 Å². The number of hydrogen-bond acceptors (Lipinski definition) is 4. The number of hydrogen-bond donors (Lipinski definition) is 1. The van der Waals surface area contributed by atoms with Gasteiger partial charge >= 0.3 is 5.97 Å². The number of rotatable bonds is 3. The Labute approximate surface area is 99.4 Å². The summed E-state index contributed by atoms with van der Waals surface area (Å²) >= 11 is 4.25. The number of aromatic nitrogens is 1. The largest absolute Gasteiger partial charge is 0.480 e. The van der Waals surface area contributed by atoms with Crippen LogP contribution in [0.5, 0.6) is 0 Å². The molecule has 0 aliphatic rings. The lowest BCUT2D eigenvalue weighted by Gasteiger charge is -2.06. The molecular weight excluding hydrogens is 280 g/mol. The fraction of sp³-hybridized carbons (Fsp3) is 0.222. The number of carboxylic acid groups (broad SMARTS) is 1. The Kier molecular flexibility index (Phi) is 4.12. The molecule has 0 bridgehead atoms. The Balaban J connectivity index is 2.96. The summed E-state index contributed by atoms with van der Waals surface area (Å²) in [6.07, 6.45) is 1.54. The van der Waals surface area contributed by atoms with E-state index in [-0.39, 0.29) is 0 Å². The maximum Gasteiger partial charge on any atom is 0.316 e. The lowest BCUT2D eigenvalue weighted by molar-refractivity contribution is -0.136. The number of nitrogens with zero attached hydrogens (tertiary/aromatic N) is 2. The highest BCUT2D eigenvalue weighted by Gasteiger charge is 2.15. The van der Waals surface area contributed by atoms with Gasteiger partial charge in [0.05, 0.1) is 5.56 Å². The molecule has 0 fully saturated rings. The van der Waals surface area contributed by atoms with E-state index in [1.54, 1.807) is 13.0 Å². The molecule has 1 heterocycles. The average Bonchev–Trinajstić information content (AvgIpc) is 2.20. The zero-order valence-electron chi connectivity index (χ0n) is 7.77. The average molecular weight is 287 g/mol. The van der Waals surface area contributed by atoms with E-state index >= 15 is 0 Å². The van der Waals surface area contributed by atoms with Crippen LogP contribution in [0.1, 0.15) is 12.5 Å². The predicted molar refractivity (Wildman–Crippen MR) is 59.6 cm³/mol. The highest BCUT2D eigenvalue weighted by molar-refractivity contribution is 9.10. The second kappa shape index (κ2) is 5.14. The SMILES string of the molecule is CC(Sc1ncc(Br)cc1C#N)C(=O)O. The van der Waals surface area contributed by atoms with Gasteiger partial charge in [0.1, 0.15) is 16.3 Å². The van der Waals surface area contributed by atoms with E-state index in [4.69, 9.17) is 10.4 Å². The lowest BCUT2D eigenvalue weighted by atomic mass is 10.3. The number of nitriles is 1. The fourth-order valence-electron chi connectivity index (χ4n) is 0.819. The van der Waals surface area contributed by atoms with E-state index < -0.39 is 11.2 Å². The molecule has 15 heavy (non-hydrogen) atoms. The number of carboxylic acids is 1. The molecule has 0 aliphatic carbocycles. The topological polar surface area (TPSA) is 74.0 Å². The molecule has 4 nitrogen and oxygen atoms in total. The lowest BCUT2D eigenvalue weighted by Crippen LogP contribution is -2.11. The van der Waals surface area contributed by atoms with Gasteiger partial charge in [-0.25, -0.2) is 4.98 Å². The van der Waals surface area contributed by atoms with Crippen LogP contribution in [0.4, 0.5) is 0 Å². The first kappa shape index (κ1) is 12.0. The second-order valence-corrected chi connectivity index (χ2v) is 4.96. The summed E-state index contributed by atoms with van der Waals surface area (Å²) in [4.78, 5) is 14.6. The zero-order chi connectivity index (χ0) is 11.4. The third-order valence-electron chi connectivity index (χ3n) is 1.57. The Morgan fingerprint density at radius 3 is 3.00 bits per heavy atom. The quantitative estimate of drug-likeness (QED) is 0.863. The van der Waals surface area contributed by atoms with Crippen LogP contribution in [0.25, 0.3) is 0 Å². The number of pyridine rings is 1. The first-order valence-electron chi connectivity index (χ1n) is 3.99. The smallest absolute Gasteiger partial charge is 0.316 e. The van der Waals surface area contributed by atoms with Gasteiger partial charge in [0.15, 0.2) is 0 Å². The van der Waals surface area contributed by atoms with E-state index in [1.165, 1.54) is 6.20 Å². The van der Waals surface area contributed by atoms with Crippen LogP contribution < -0.4 is 0 Å². The van der Waals surface area contributed by atoms with Gasteiger partial charge in [-0.15, -0.1) is 0 Å². The Bertz CT molecular complexity index is 431. The minimum Gasteiger partial charge on any atom is -0.480 e. The summed E-state index contributed by atoms with van der Waals surface area (Å²) in [5.41, 5.74) is 0.377. The first-order chi connectivity index (χ1) is 7.04. The van der Waals surface area contributed by atoms with E-state index in [0.29, 0.717) is 15.1 Å². The van der Waals surface area contributed by atoms with Crippen LogP contribution in [0.3, 0.4) is 0 Å². The molecule has 78 valence electrons. The van der Waals surface area contributed by atoms with Crippen molar-refractivity contribution in [1.82, 2.24) is 4.98 Å². The van der Waals surface area contributed by atoms with E-state index in [9.17, 15) is 4.79 Å². The molecule has 1 rings (SSSR count). The summed E-state index contributed by atoms with van der Waals surface area (Å²) in [5, 5.41) is 17.4. The Morgan fingerprint density at radius 2 is 2.47 bits per heavy atom. The third-order valence-corrected chi connectivity index (χ3v) is 3.11. The standard InChI is InChI=1S/C9H7BrN2O2S/c1-5(9(13)14)15-8-6(3-11)2-7(10)4-12-8/h2,4-5H,1H3,(H,13,14). The van der Waals surface area contributed by atoms with Gasteiger partial charge in [0.25, 0.3) is 0 Å². The molecule has 1 aromatic heterocycles. The number of thioether (sulfide) groups is 1. The van der Waals surface area contributed by atoms with Gasteiger partial charge in [0, 0.05) is 10.7 Å². The van der Waals surface area contributed by atoms with Crippen molar-refractivity contribution >= 4 is 33.7 Å². The maximum atomic E-state index is 10.6. The minimum absolute atomic E-state index is 0.377. The van der Waals surface area contributed by atoms with E-state index in [0.717, 1.165) is 11.8 Å². The minimum atomic E-state index is -0.923. The first-order valence-corrected chi connectivity index (χ1v) is 5.67. The van der Waals surface area contributed by atoms with Crippen molar-refractivity contribution in [3.8, 4) is 6.07 Å². The number of carbonyl (C=O) groups is 1. The molecule has 0 radical (unpaired) electrons. The van der Waals surface area contributed by atoms with Crippen molar-refractivity contribution in [2.45, 2.75) is 17.2 Å². The number of halogens is 1. The zero-order valence-corrected chi connectivity index (χ0v) is 10.2. The molecule has 1 unspecified atom stereocenters. The fourth-order valence-corrected chi connectivity index (χ4v) is 1.93. The highest BCUT2D eigenvalue weighted by atomic mass is 79.9. The van der Waals surface area contributed by atoms with Crippen LogP contribution in [0.2, 0.25) is 0 Å². The number of aliphatic carboxylic acids is 1. The van der Waals surface area contributed by atoms with Crippen LogP contribution in [0.15, 0.2) is 21.8 Å². The molecular formula is C9H7BrN2O2S. The summed E-state index contributed by atoms with van der Waals surface area (Å²) in [6, 6.07) is 3.59. The van der Waals surface area contributed by atoms with Crippen molar-refractivity contribution in [2.75, 3.05) is 0 Å². The van der Waals surface area contributed by atoms with Gasteiger partial charge in [0.2, 0.25) is 0 Å². The van der Waals surface area contributed by atoms with Crippen molar-refractivity contribution in [3.05, 3.63) is 22.3 Å². The molecule has 0 aromatic carbocycles. The molecule has 1 N–H and O–H groups in total. The summed E-state index contributed by atoms with van der Waals surface area (Å²) < 4.78 is 0.700. The third kappa shape index (κ3) is 3.22. The molecule has 0 saturated carbocycles. The summed E-state index contributed by atoms with van der Waals surface area (Å²) in [6.45, 7) is 1.55. The van der Waals surface area contributed by atoms with E-state index in [1.807, 2.05) is 6.07 Å². The van der Waals surface area contributed by atoms with Crippen LogP contribution in [-0.4, -0.2) is 21.3 Å². The van der Waals surface area contributed by atoms with Crippen LogP contribution in [0, 0.1) is 11.3 Å². The maximum absolute atomic E-state index is 10.6. The Morgan fingerprint density at radius 1 is 1.80 bits per heavy atom. The van der Waals surface area contributed by atoms with E-state index in [2.05, 4.69) is 20.9 Å². The van der Waals surface area contributed by atoms with Crippen molar-refractivity contribution in [1.29, 1.82) is 5.26 Å². The van der Waals surface area contributed by atoms with Crippen LogP contribution >= 0.6 is 27.7 Å². The molecule has 1 aromatic rings. The van der Waals surface area contributed by atoms with Gasteiger partial charge < -0.3 is 5.11 Å². The molecule has 0 saturated heterocycles. The molecule has 1 atom stereocenters. The molecule has 0 spiro atoms. The Hall–Kier alpha value is -1.06. The monoisotopic (exact) mass is 286 g/mol. The van der Waals surface area contributed by atoms with Gasteiger partial charge in [-0.1, -0.05) is 11.8 Å². The second-order valence-electron chi connectivity index (χ2n) is 2.72. The van der Waals surface area contributed by atoms with Gasteiger partial charge in [-0.05, 0) is 28.9 Å². The van der Waals surface area contributed by atoms with Gasteiger partial charge in [-0.2, -0.15) is 5.26 Å². The molecule has 6 heteroatoms. The normalized spacial score (nSPS) is 11.8. The van der Waals surface area contributed by atoms with Crippen molar-refractivity contribution in [2.24, 2.45) is 0 Å². The predicted octanol–water partition coefficient (Wildman–Crippen LogP) is 2.28. The summed E-state index contributed by atoms with van der Waals surface area (Å²) in [7, 11) is 0. The molecule has 0 amide bonds. The van der Waals surface area contributed by atoms with Crippen molar-refractivity contribution in [3.63, 3.8) is 0 Å².